The minimum Gasteiger partial charge on any atom is -0.438 e. The molecule has 2 heterocycles. The van der Waals surface area contributed by atoms with Gasteiger partial charge >= 0.3 is 5.92 Å². The van der Waals surface area contributed by atoms with Gasteiger partial charge < -0.3 is 10.1 Å². The molecular weight excluding hydrogens is 448 g/mol. The van der Waals surface area contributed by atoms with E-state index in [2.05, 4.69) is 24.0 Å². The zero-order valence-electron chi connectivity index (χ0n) is 18.6. The third kappa shape index (κ3) is 5.73. The molecule has 1 fully saturated rings. The lowest BCUT2D eigenvalue weighted by Crippen LogP contribution is -2.35. The topological polar surface area (TPSA) is 88.8 Å². The number of ether oxygens (including phenoxy) is 1. The lowest BCUT2D eigenvalue weighted by atomic mass is 10.1. The van der Waals surface area contributed by atoms with Crippen LogP contribution in [0.4, 0.5) is 8.78 Å². The fraction of sp³-hybridized carbons (Fsp3) is 0.435. The van der Waals surface area contributed by atoms with Crippen LogP contribution in [0.15, 0.2) is 56.7 Å². The Bertz CT molecular complexity index is 1170. The van der Waals surface area contributed by atoms with Crippen LogP contribution in [0.5, 0.6) is 11.6 Å². The van der Waals surface area contributed by atoms with E-state index in [0.717, 1.165) is 37.8 Å². The fourth-order valence-corrected chi connectivity index (χ4v) is 5.71. The van der Waals surface area contributed by atoms with Crippen LogP contribution in [0.2, 0.25) is 0 Å². The SMILES string of the molecule is CN=S1(/C=C/C(NC(=O)c2cnc(C(C)(F)F)nc2Oc2ccccc2)C2CC2)=NCCC1. The maximum Gasteiger partial charge on any atom is 0.303 e. The first-order valence-corrected chi connectivity index (χ1v) is 12.7. The first-order valence-electron chi connectivity index (χ1n) is 10.9. The predicted molar refractivity (Wildman–Crippen MR) is 124 cm³/mol. The molecule has 0 bridgehead atoms. The summed E-state index contributed by atoms with van der Waals surface area (Å²) >= 11 is 0. The molecule has 4 rings (SSSR count). The molecule has 2 unspecified atom stereocenters. The summed E-state index contributed by atoms with van der Waals surface area (Å²) in [5, 5.41) is 5.05. The number of aromatic nitrogens is 2. The van der Waals surface area contributed by atoms with Crippen molar-refractivity contribution in [1.82, 2.24) is 15.3 Å². The van der Waals surface area contributed by atoms with Gasteiger partial charge in [0.1, 0.15) is 11.3 Å². The van der Waals surface area contributed by atoms with Crippen molar-refractivity contribution in [1.29, 1.82) is 0 Å². The second-order valence-corrected chi connectivity index (χ2v) is 10.9. The van der Waals surface area contributed by atoms with E-state index in [0.29, 0.717) is 18.6 Å². The molecular formula is C23H27F2N5O2S. The first kappa shape index (κ1) is 23.3. The Morgan fingerprint density at radius 2 is 2.09 bits per heavy atom. The third-order valence-electron chi connectivity index (χ3n) is 5.51. The quantitative estimate of drug-likeness (QED) is 0.585. The average Bonchev–Trinajstić information content (AvgIpc) is 3.54. The van der Waals surface area contributed by atoms with Crippen molar-refractivity contribution in [2.75, 3.05) is 19.3 Å². The van der Waals surface area contributed by atoms with Crippen molar-refractivity contribution >= 4 is 15.5 Å². The van der Waals surface area contributed by atoms with Crippen LogP contribution in [0.1, 0.15) is 42.4 Å². The zero-order valence-corrected chi connectivity index (χ0v) is 19.4. The number of para-hydroxylation sites is 1. The second kappa shape index (κ2) is 9.54. The highest BCUT2D eigenvalue weighted by molar-refractivity contribution is 7.98. The summed E-state index contributed by atoms with van der Waals surface area (Å²) in [5.74, 6) is -3.03. The zero-order chi connectivity index (χ0) is 23.5. The number of rotatable bonds is 8. The summed E-state index contributed by atoms with van der Waals surface area (Å²) in [6.45, 7) is 1.51. The maximum absolute atomic E-state index is 13.8. The number of carbonyl (C=O) groups excluding carboxylic acids is 1. The number of hydrogen-bond acceptors (Lipinski definition) is 6. The normalized spacial score (nSPS) is 21.5. The van der Waals surface area contributed by atoms with Gasteiger partial charge in [0.15, 0.2) is 0 Å². The molecule has 0 spiro atoms. The van der Waals surface area contributed by atoms with Gasteiger partial charge in [0.25, 0.3) is 5.91 Å². The Kier molecular flexibility index (Phi) is 6.73. The van der Waals surface area contributed by atoms with Gasteiger partial charge in [0.2, 0.25) is 11.7 Å². The van der Waals surface area contributed by atoms with Crippen LogP contribution < -0.4 is 10.1 Å². The van der Waals surface area contributed by atoms with E-state index in [4.69, 9.17) is 4.74 Å². The monoisotopic (exact) mass is 475 g/mol. The Morgan fingerprint density at radius 1 is 1.33 bits per heavy atom. The van der Waals surface area contributed by atoms with Gasteiger partial charge in [-0.25, -0.2) is 4.98 Å². The Morgan fingerprint density at radius 3 is 2.70 bits per heavy atom. The first-order chi connectivity index (χ1) is 15.8. The molecule has 10 heteroatoms. The molecule has 2 atom stereocenters. The van der Waals surface area contributed by atoms with Crippen molar-refractivity contribution in [3.05, 3.63) is 59.4 Å². The van der Waals surface area contributed by atoms with E-state index in [9.17, 15) is 13.6 Å². The highest BCUT2D eigenvalue weighted by atomic mass is 32.2. The van der Waals surface area contributed by atoms with Crippen molar-refractivity contribution < 1.29 is 18.3 Å². The fourth-order valence-electron chi connectivity index (χ4n) is 3.51. The number of carbonyl (C=O) groups is 1. The molecule has 176 valence electrons. The summed E-state index contributed by atoms with van der Waals surface area (Å²) in [4.78, 5) is 20.8. The van der Waals surface area contributed by atoms with Gasteiger partial charge in [-0.3, -0.25) is 13.5 Å². The van der Waals surface area contributed by atoms with E-state index in [1.807, 2.05) is 11.5 Å². The summed E-state index contributed by atoms with van der Waals surface area (Å²) in [5.41, 5.74) is -0.00121. The highest BCUT2D eigenvalue weighted by Crippen LogP contribution is 2.34. The number of nitrogens with one attached hydrogen (secondary N) is 1. The maximum atomic E-state index is 13.8. The van der Waals surface area contributed by atoms with Gasteiger partial charge in [-0.15, -0.1) is 0 Å². The van der Waals surface area contributed by atoms with Gasteiger partial charge in [-0.05, 0) is 52.3 Å². The van der Waals surface area contributed by atoms with Crippen LogP contribution in [-0.4, -0.2) is 41.3 Å². The van der Waals surface area contributed by atoms with E-state index in [1.165, 1.54) is 0 Å². The molecule has 1 amide bonds. The van der Waals surface area contributed by atoms with Crippen LogP contribution in [-0.2, 0) is 15.5 Å². The molecule has 1 aliphatic heterocycles. The number of nitrogens with zero attached hydrogens (tertiary/aromatic N) is 4. The molecule has 2 aromatic rings. The molecule has 0 radical (unpaired) electrons. The second-order valence-electron chi connectivity index (χ2n) is 8.19. The van der Waals surface area contributed by atoms with Crippen molar-refractivity contribution in [3.8, 4) is 11.6 Å². The van der Waals surface area contributed by atoms with E-state index >= 15 is 0 Å². The summed E-state index contributed by atoms with van der Waals surface area (Å²) < 4.78 is 42.6. The van der Waals surface area contributed by atoms with Crippen LogP contribution in [0.25, 0.3) is 0 Å². The number of benzene rings is 1. The van der Waals surface area contributed by atoms with Crippen molar-refractivity contribution in [2.45, 2.75) is 38.2 Å². The minimum atomic E-state index is -3.27. The molecule has 1 N–H and O–H groups in total. The van der Waals surface area contributed by atoms with E-state index < -0.39 is 27.3 Å². The summed E-state index contributed by atoms with van der Waals surface area (Å²) in [7, 11) is 0.301. The summed E-state index contributed by atoms with van der Waals surface area (Å²) in [6, 6.07) is 8.38. The summed E-state index contributed by atoms with van der Waals surface area (Å²) in [6.07, 6.45) is 6.11. The van der Waals surface area contributed by atoms with Gasteiger partial charge in [-0.2, -0.15) is 13.8 Å². The van der Waals surface area contributed by atoms with E-state index in [-0.39, 0.29) is 17.5 Å². The predicted octanol–water partition coefficient (Wildman–Crippen LogP) is 4.96. The number of halogens is 2. The van der Waals surface area contributed by atoms with Gasteiger partial charge in [0.05, 0.1) is 6.04 Å². The van der Waals surface area contributed by atoms with Crippen LogP contribution >= 0.6 is 0 Å². The molecule has 1 aromatic heterocycles. The van der Waals surface area contributed by atoms with Crippen molar-refractivity contribution in [2.24, 2.45) is 14.6 Å². The number of hydrogen-bond donors (Lipinski definition) is 1. The Hall–Kier alpha value is -2.88. The molecule has 1 aliphatic carbocycles. The van der Waals surface area contributed by atoms with Crippen molar-refractivity contribution in [3.63, 3.8) is 0 Å². The van der Waals surface area contributed by atoms with Crippen LogP contribution in [0.3, 0.4) is 0 Å². The smallest absolute Gasteiger partial charge is 0.303 e. The Balaban J connectivity index is 1.61. The third-order valence-corrected chi connectivity index (χ3v) is 8.26. The number of alkyl halides is 2. The minimum absolute atomic E-state index is 0.00121. The van der Waals surface area contributed by atoms with Gasteiger partial charge in [-0.1, -0.05) is 24.3 Å². The molecule has 1 saturated carbocycles. The largest absolute Gasteiger partial charge is 0.438 e. The molecule has 1 aromatic carbocycles. The molecule has 7 nitrogen and oxygen atoms in total. The Labute approximate surface area is 192 Å². The molecule has 33 heavy (non-hydrogen) atoms. The highest BCUT2D eigenvalue weighted by Gasteiger charge is 2.34. The lowest BCUT2D eigenvalue weighted by molar-refractivity contribution is 0.00707. The standard InChI is InChI=1S/C23H27F2N5O2S/c1-23(24,25)22-27-15-18(21(30-22)32-17-7-4-3-5-8-17)20(31)29-19(16-9-10-16)11-14-33(26-2)13-6-12-28-33/h3-5,7-8,11,14-16,19H,6,9-10,12-13H2,1-2H3,(H,29,31)/b14-11+. The molecule has 0 saturated heterocycles. The van der Waals surface area contributed by atoms with E-state index in [1.54, 1.807) is 37.4 Å². The molecule has 2 aliphatic rings. The number of amides is 1. The lowest BCUT2D eigenvalue weighted by Gasteiger charge is -2.17. The average molecular weight is 476 g/mol. The van der Waals surface area contributed by atoms with Gasteiger partial charge in [0, 0.05) is 32.5 Å². The van der Waals surface area contributed by atoms with Crippen LogP contribution in [0, 0.1) is 5.92 Å².